The van der Waals surface area contributed by atoms with Gasteiger partial charge in [-0.05, 0) is 136 Å². The second-order valence-corrected chi connectivity index (χ2v) is 19.4. The summed E-state index contributed by atoms with van der Waals surface area (Å²) in [6.45, 7) is 70.3. The molecule has 9 aliphatic heterocycles. The maximum Gasteiger partial charge on any atom is 0.171 e. The molecule has 5 fully saturated rings. The molecule has 1 aliphatic carbocycles. The third kappa shape index (κ3) is 241. The van der Waals surface area contributed by atoms with E-state index in [9.17, 15) is 4.79 Å². The van der Waals surface area contributed by atoms with Crippen molar-refractivity contribution in [3.63, 3.8) is 0 Å². The van der Waals surface area contributed by atoms with Gasteiger partial charge < -0.3 is 44.8 Å². The molecular formula is C94H208N20O6S. The number of aryl methyl sites for hydroxylation is 1. The molecule has 5 aromatic heterocycles. The van der Waals surface area contributed by atoms with Crippen molar-refractivity contribution in [2.75, 3.05) is 113 Å². The summed E-state index contributed by atoms with van der Waals surface area (Å²) in [7, 11) is 3.25. The molecule has 1 aromatic carbocycles. The summed E-state index contributed by atoms with van der Waals surface area (Å²) < 4.78 is 25.5. The molecule has 726 valence electrons. The first-order valence-corrected chi connectivity index (χ1v) is 43.6. The van der Waals surface area contributed by atoms with Gasteiger partial charge in [-0.25, -0.2) is 15.0 Å². The lowest BCUT2D eigenvalue weighted by Gasteiger charge is -1.79. The summed E-state index contributed by atoms with van der Waals surface area (Å²) in [5.74, 6) is 0.843. The number of hydroxylamine groups is 1. The lowest BCUT2D eigenvalue weighted by molar-refractivity contribution is -0.115. The Morgan fingerprint density at radius 2 is 0.876 bits per heavy atom. The third-order valence-corrected chi connectivity index (χ3v) is 10.7. The number of methoxy groups -OCH3 is 1. The number of carbonyl (C=O) groups excluding carboxylic acids is 1. The number of aliphatic imine (C=N–C) groups is 4. The first kappa shape index (κ1) is 168. The lowest BCUT2D eigenvalue weighted by Crippen LogP contribution is -2.06. The molecule has 0 radical (unpaired) electrons. The highest BCUT2D eigenvalue weighted by Gasteiger charge is 2.13. The lowest BCUT2D eigenvalue weighted by atomic mass is 10.4. The second-order valence-electron chi connectivity index (χ2n) is 18.8. The predicted molar refractivity (Wildman–Crippen MR) is 548 cm³/mol. The molecule has 1 unspecified atom stereocenters. The molecule has 10 aliphatic rings. The Morgan fingerprint density at radius 3 is 0.992 bits per heavy atom. The Morgan fingerprint density at radius 1 is 0.455 bits per heavy atom. The van der Waals surface area contributed by atoms with Crippen LogP contribution in [0.2, 0.25) is 0 Å². The zero-order valence-electron chi connectivity index (χ0n) is 78.6. The number of ketones is 1. The van der Waals surface area contributed by atoms with Crippen LogP contribution in [0, 0.1) is 6.92 Å². The van der Waals surface area contributed by atoms with Crippen LogP contribution in [-0.4, -0.2) is 199 Å². The molecule has 1 atom stereocenters. The van der Waals surface area contributed by atoms with Crippen LogP contribution < -0.4 is 32.1 Å². The molecule has 27 heteroatoms. The maximum absolute atomic E-state index is 9.44. The summed E-state index contributed by atoms with van der Waals surface area (Å²) in [4.78, 5) is 40.3. The van der Waals surface area contributed by atoms with Gasteiger partial charge in [0.15, 0.2) is 12.6 Å². The Kier molecular flexibility index (Phi) is 292. The van der Waals surface area contributed by atoms with Crippen molar-refractivity contribution in [2.45, 2.75) is 335 Å². The molecule has 7 N–H and O–H groups in total. The number of epoxide rings is 1. The van der Waals surface area contributed by atoms with Gasteiger partial charge in [-0.1, -0.05) is 315 Å². The minimum atomic E-state index is 0. The van der Waals surface area contributed by atoms with Gasteiger partial charge in [-0.3, -0.25) is 35.6 Å². The van der Waals surface area contributed by atoms with Gasteiger partial charge in [0.25, 0.3) is 0 Å². The van der Waals surface area contributed by atoms with Crippen molar-refractivity contribution in [1.82, 2.24) is 81.5 Å². The molecule has 4 saturated heterocycles. The number of hydrogen-bond donors (Lipinski definition) is 7. The van der Waals surface area contributed by atoms with E-state index in [0.29, 0.717) is 18.7 Å². The number of nitrogens with one attached hydrogen (secondary N) is 7. The molecule has 0 amide bonds. The fourth-order valence-electron chi connectivity index (χ4n) is 5.92. The van der Waals surface area contributed by atoms with Gasteiger partial charge in [0.2, 0.25) is 0 Å². The summed E-state index contributed by atoms with van der Waals surface area (Å²) >= 11 is 1.21. The number of carbonyl (C=O) groups is 1. The average molecular weight is 1750 g/mol. The van der Waals surface area contributed by atoms with Crippen LogP contribution in [0.3, 0.4) is 0 Å². The normalized spacial score (nSPS) is 12.7. The smallest absolute Gasteiger partial charge is 0.171 e. The number of aromatic amines is 1. The van der Waals surface area contributed by atoms with E-state index in [2.05, 4.69) is 135 Å². The zero-order valence-corrected chi connectivity index (χ0v) is 79.4. The minimum Gasteiger partial charge on any atom is -0.388 e. The molecule has 1 saturated carbocycles. The van der Waals surface area contributed by atoms with E-state index >= 15 is 0 Å². The fraction of sp³-hybridized carbons (Fsp3) is 0.702. The number of rotatable bonds is 0. The van der Waals surface area contributed by atoms with Crippen molar-refractivity contribution in [3.8, 4) is 0 Å². The highest BCUT2D eigenvalue weighted by molar-refractivity contribution is 6.98. The molecule has 0 bridgehead atoms. The molecule has 121 heavy (non-hydrogen) atoms. The quantitative estimate of drug-likeness (QED) is 0.0549. The van der Waals surface area contributed by atoms with Gasteiger partial charge in [-0.2, -0.15) is 14.0 Å². The molecular weight excluding hydrogens is 1540 g/mol. The summed E-state index contributed by atoms with van der Waals surface area (Å²) in [5.41, 5.74) is 2.43. The van der Waals surface area contributed by atoms with Crippen LogP contribution in [0.15, 0.2) is 159 Å². The number of pyridine rings is 1. The van der Waals surface area contributed by atoms with Crippen molar-refractivity contribution in [2.24, 2.45) is 20.0 Å². The number of H-pyrrole nitrogens is 1. The number of Topliss-reactive ketones (excluding diaryl/α,β-unsaturated/α-hetero) is 1. The number of aromatic nitrogens is 10. The average Bonchev–Trinajstić information content (AvgIpc) is 1.86. The number of hydrogen-bond acceptors (Lipinski definition) is 26. The Balaban J connectivity index is -0.0000000453. The monoisotopic (exact) mass is 1750 g/mol. The van der Waals surface area contributed by atoms with Crippen LogP contribution in [0.25, 0.3) is 0 Å². The van der Waals surface area contributed by atoms with Gasteiger partial charge in [-0.15, -0.1) is 10.2 Å². The van der Waals surface area contributed by atoms with E-state index < -0.39 is 0 Å². The summed E-state index contributed by atoms with van der Waals surface area (Å²) in [6, 6.07) is 21.2. The van der Waals surface area contributed by atoms with Gasteiger partial charge in [0, 0.05) is 91.2 Å². The van der Waals surface area contributed by atoms with Crippen LogP contribution in [0.5, 0.6) is 0 Å². The van der Waals surface area contributed by atoms with Crippen molar-refractivity contribution >= 4 is 42.6 Å². The second kappa shape index (κ2) is 211. The predicted octanol–water partition coefficient (Wildman–Crippen LogP) is 25.2. The minimum absolute atomic E-state index is 0. The topological polar surface area (TPSA) is 324 Å². The zero-order chi connectivity index (χ0) is 89.3. The maximum atomic E-state index is 9.44. The van der Waals surface area contributed by atoms with E-state index in [1.807, 2.05) is 233 Å². The van der Waals surface area contributed by atoms with Crippen molar-refractivity contribution < 1.29 is 28.4 Å². The molecule has 6 aromatic rings. The van der Waals surface area contributed by atoms with Crippen LogP contribution >= 0.6 is 11.7 Å². The molecule has 14 heterocycles. The molecule has 26 nitrogen and oxygen atoms in total. The van der Waals surface area contributed by atoms with E-state index in [0.717, 1.165) is 65.8 Å². The van der Waals surface area contributed by atoms with Crippen molar-refractivity contribution in [1.29, 1.82) is 0 Å². The molecule has 16 rings (SSSR count). The van der Waals surface area contributed by atoms with E-state index in [1.54, 1.807) is 83.0 Å². The Labute approximate surface area is 757 Å². The third-order valence-electron chi connectivity index (χ3n) is 10.2. The van der Waals surface area contributed by atoms with Crippen LogP contribution in [0.1, 0.15) is 328 Å². The fourth-order valence-corrected chi connectivity index (χ4v) is 6.19. The van der Waals surface area contributed by atoms with Gasteiger partial charge in [0.05, 0.1) is 62.6 Å². The van der Waals surface area contributed by atoms with Gasteiger partial charge in [0.1, 0.15) is 24.7 Å². The van der Waals surface area contributed by atoms with Crippen molar-refractivity contribution in [3.05, 3.63) is 141 Å². The number of benzene rings is 1. The largest absolute Gasteiger partial charge is 0.388 e. The highest BCUT2D eigenvalue weighted by atomic mass is 32.1. The first-order chi connectivity index (χ1) is 56.4. The summed E-state index contributed by atoms with van der Waals surface area (Å²) in [6.07, 6.45) is 44.8. The first-order valence-electron chi connectivity index (χ1n) is 42.8. The van der Waals surface area contributed by atoms with Gasteiger partial charge >= 0.3 is 0 Å². The molecule has 0 spiro atoms. The Bertz CT molecular complexity index is 1880. The summed E-state index contributed by atoms with van der Waals surface area (Å²) in [5, 5.41) is 31.6. The SMILES string of the molecule is C.C.C.C.C.C.C.C1=CCNC1.C1=NCCC1.C1=NCCN1.C1=NCNC1.C1=NCON1.C1CCCC1.C1CCNC1.C1CCNC1.C1CCOC1.CC.CC.CC.CC.CC.CC.CC.CC.CC.CC.CC.CC.CC(C)=O.CC1CO1.COC.Cc1nn[nH]n1.c1ccccc1.c1ccncc1.c1cncnc1.c1cnoc1.c1cnsn1. The number of tetrazole rings is 1. The highest BCUT2D eigenvalue weighted by Crippen LogP contribution is 2.15. The standard InChI is InChI=1S/C6H6.C5H5N.C5H10.C4H4N2.2C4H9N.2C4H7N.C4H8O.2C3H6N2.C3H3NO.2C3H6O.C2H4N4.C2H4N2O.C2H2N2S.C2H6O.12C2H6.7CH4/c2*1-2-4-6-5-3-1;1-2-4-5-3-1;1-2-5-4-6-3-1;5*1-2-4-5-3-1;2*1-2-5-3-4-1;1-2-4-5-3-1;1-3-2-4-3;1-3(2)4;1-2-3-5-6-4-2;1-3-2-5-4-1;1-2-4-5-3-1;1-3-2;12*1-2;;;;;;;/h1-6H;1-5H;1-5H2;1-4H;2*5H,1-4H2;3H,1-2,4H2;1-2,5H,3-4H2;1-4H2;3H,1-2H2,(H,4,5);1,5H,2-3H2;1-3H;3H,2H2,1H3;1-2H3;1H3,(H,3,4,5,6);1H,2H2,(H,3,4);1-2H;1-2H3;12*1-2H3;7*1H4. The van der Waals surface area contributed by atoms with E-state index in [1.165, 1.54) is 154 Å². The number of nitrogens with zero attached hydrogens (tertiary/aromatic N) is 13. The van der Waals surface area contributed by atoms with E-state index in [-0.39, 0.29) is 57.8 Å². The number of ether oxygens (including phenoxy) is 3. The van der Waals surface area contributed by atoms with E-state index in [4.69, 9.17) is 9.47 Å². The van der Waals surface area contributed by atoms with Crippen LogP contribution in [0.4, 0.5) is 0 Å². The Hall–Kier alpha value is -7.34. The van der Waals surface area contributed by atoms with Crippen LogP contribution in [-0.2, 0) is 23.8 Å².